The molecule has 1 aliphatic rings. The molecule has 1 fully saturated rings. The number of likely N-dealkylation sites (N-methyl/N-ethyl adjacent to an activating group) is 1. The van der Waals surface area contributed by atoms with Gasteiger partial charge in [0.1, 0.15) is 12.4 Å². The fourth-order valence-corrected chi connectivity index (χ4v) is 2.33. The van der Waals surface area contributed by atoms with Gasteiger partial charge < -0.3 is 15.0 Å². The summed E-state index contributed by atoms with van der Waals surface area (Å²) in [5.74, 6) is 1.75. The third-order valence-electron chi connectivity index (χ3n) is 3.42. The summed E-state index contributed by atoms with van der Waals surface area (Å²) in [6.07, 6.45) is 1.22. The lowest BCUT2D eigenvalue weighted by molar-refractivity contribution is 0.261. The molecule has 2 atom stereocenters. The maximum atomic E-state index is 5.77. The molecule has 1 saturated heterocycles. The first kappa shape index (κ1) is 13.4. The summed E-state index contributed by atoms with van der Waals surface area (Å²) in [5.41, 5.74) is 1.35. The minimum Gasteiger partial charge on any atom is -0.492 e. The fourth-order valence-electron chi connectivity index (χ4n) is 2.33. The van der Waals surface area contributed by atoms with Crippen molar-refractivity contribution in [2.75, 3.05) is 33.8 Å². The van der Waals surface area contributed by atoms with Crippen LogP contribution in [0, 0.1) is 5.92 Å². The second-order valence-corrected chi connectivity index (χ2v) is 5.53. The maximum absolute atomic E-state index is 5.77. The second kappa shape index (κ2) is 6.21. The Morgan fingerprint density at radius 2 is 2.22 bits per heavy atom. The topological polar surface area (TPSA) is 24.5 Å². The Bertz CT molecular complexity index is 379. The van der Waals surface area contributed by atoms with Crippen molar-refractivity contribution in [2.24, 2.45) is 5.92 Å². The van der Waals surface area contributed by atoms with E-state index in [1.54, 1.807) is 0 Å². The summed E-state index contributed by atoms with van der Waals surface area (Å²) in [6.45, 7) is 5.11. The molecule has 0 amide bonds. The van der Waals surface area contributed by atoms with E-state index < -0.39 is 0 Å². The molecule has 0 aliphatic carbocycles. The van der Waals surface area contributed by atoms with Gasteiger partial charge in [0.05, 0.1) is 0 Å². The lowest BCUT2D eigenvalue weighted by atomic mass is 10.0. The molecule has 3 nitrogen and oxygen atoms in total. The van der Waals surface area contributed by atoms with Crippen LogP contribution in [-0.2, 0) is 0 Å². The summed E-state index contributed by atoms with van der Waals surface area (Å²) in [6, 6.07) is 8.99. The minimum absolute atomic E-state index is 0.498. The predicted octanol–water partition coefficient (Wildman–Crippen LogP) is 2.30. The molecule has 3 heteroatoms. The Morgan fingerprint density at radius 3 is 2.89 bits per heavy atom. The van der Waals surface area contributed by atoms with Gasteiger partial charge in [0.15, 0.2) is 0 Å². The molecule has 0 spiro atoms. The van der Waals surface area contributed by atoms with E-state index in [4.69, 9.17) is 4.74 Å². The Morgan fingerprint density at radius 1 is 1.39 bits per heavy atom. The van der Waals surface area contributed by atoms with E-state index in [0.29, 0.717) is 6.04 Å². The number of nitrogens with one attached hydrogen (secondary N) is 1. The van der Waals surface area contributed by atoms with Gasteiger partial charge in [0.2, 0.25) is 0 Å². The van der Waals surface area contributed by atoms with Gasteiger partial charge in [-0.2, -0.15) is 0 Å². The molecule has 0 unspecified atom stereocenters. The van der Waals surface area contributed by atoms with Crippen LogP contribution < -0.4 is 10.1 Å². The van der Waals surface area contributed by atoms with Crippen LogP contribution in [0.2, 0.25) is 0 Å². The largest absolute Gasteiger partial charge is 0.492 e. The highest BCUT2D eigenvalue weighted by atomic mass is 16.5. The van der Waals surface area contributed by atoms with Crippen LogP contribution in [0.3, 0.4) is 0 Å². The molecule has 1 aromatic rings. The zero-order valence-electron chi connectivity index (χ0n) is 11.6. The van der Waals surface area contributed by atoms with Gasteiger partial charge >= 0.3 is 0 Å². The number of nitrogens with zero attached hydrogens (tertiary/aromatic N) is 1. The molecule has 100 valence electrons. The second-order valence-electron chi connectivity index (χ2n) is 5.53. The Hall–Kier alpha value is -1.06. The van der Waals surface area contributed by atoms with E-state index in [-0.39, 0.29) is 0 Å². The average Bonchev–Trinajstić information content (AvgIpc) is 2.76. The van der Waals surface area contributed by atoms with E-state index in [1.807, 2.05) is 6.07 Å². The van der Waals surface area contributed by atoms with Crippen molar-refractivity contribution in [1.29, 1.82) is 0 Å². The third kappa shape index (κ3) is 3.72. The van der Waals surface area contributed by atoms with Gasteiger partial charge in [-0.3, -0.25) is 0 Å². The standard InChI is InChI=1S/C15H24N2O/c1-12-9-15(16-11-12)13-5-4-6-14(10-13)18-8-7-17(2)3/h4-6,10,12,15-16H,7-9,11H2,1-3H3/t12-,15-/m0/s1. The Labute approximate surface area is 110 Å². The SMILES string of the molecule is C[C@@H]1CN[C@H](c2cccc(OCCN(C)C)c2)C1. The van der Waals surface area contributed by atoms with Gasteiger partial charge in [-0.25, -0.2) is 0 Å². The van der Waals surface area contributed by atoms with Gasteiger partial charge in [-0.15, -0.1) is 0 Å². The number of rotatable bonds is 5. The number of hydrogen-bond acceptors (Lipinski definition) is 3. The lowest BCUT2D eigenvalue weighted by Crippen LogP contribution is -2.19. The average molecular weight is 248 g/mol. The van der Waals surface area contributed by atoms with Crippen LogP contribution in [-0.4, -0.2) is 38.7 Å². The third-order valence-corrected chi connectivity index (χ3v) is 3.42. The monoisotopic (exact) mass is 248 g/mol. The van der Waals surface area contributed by atoms with Crippen molar-refractivity contribution >= 4 is 0 Å². The molecule has 1 heterocycles. The van der Waals surface area contributed by atoms with E-state index in [1.165, 1.54) is 12.0 Å². The van der Waals surface area contributed by atoms with Crippen molar-refractivity contribution in [2.45, 2.75) is 19.4 Å². The first-order valence-corrected chi connectivity index (χ1v) is 6.76. The number of benzene rings is 1. The summed E-state index contributed by atoms with van der Waals surface area (Å²) in [4.78, 5) is 2.13. The van der Waals surface area contributed by atoms with Crippen LogP contribution in [0.25, 0.3) is 0 Å². The Kier molecular flexibility index (Phi) is 4.61. The van der Waals surface area contributed by atoms with Crippen LogP contribution in [0.4, 0.5) is 0 Å². The number of ether oxygens (including phenoxy) is 1. The first-order valence-electron chi connectivity index (χ1n) is 6.76. The van der Waals surface area contributed by atoms with Crippen LogP contribution in [0.15, 0.2) is 24.3 Å². The molecule has 0 radical (unpaired) electrons. The predicted molar refractivity (Wildman–Crippen MR) is 75.0 cm³/mol. The quantitative estimate of drug-likeness (QED) is 0.865. The highest BCUT2D eigenvalue weighted by Crippen LogP contribution is 2.28. The zero-order chi connectivity index (χ0) is 13.0. The normalized spacial score (nSPS) is 23.6. The van der Waals surface area contributed by atoms with Crippen LogP contribution in [0.1, 0.15) is 24.9 Å². The first-order chi connectivity index (χ1) is 8.65. The van der Waals surface area contributed by atoms with Crippen LogP contribution in [0.5, 0.6) is 5.75 Å². The minimum atomic E-state index is 0.498. The van der Waals surface area contributed by atoms with Crippen molar-refractivity contribution in [3.63, 3.8) is 0 Å². The van der Waals surface area contributed by atoms with Crippen molar-refractivity contribution in [1.82, 2.24) is 10.2 Å². The van der Waals surface area contributed by atoms with Crippen molar-refractivity contribution in [3.8, 4) is 5.75 Å². The molecule has 0 aromatic heterocycles. The summed E-state index contributed by atoms with van der Waals surface area (Å²) in [7, 11) is 4.12. The molecule has 2 rings (SSSR count). The molecule has 18 heavy (non-hydrogen) atoms. The maximum Gasteiger partial charge on any atom is 0.119 e. The van der Waals surface area contributed by atoms with E-state index in [2.05, 4.69) is 49.4 Å². The fraction of sp³-hybridized carbons (Fsp3) is 0.600. The van der Waals surface area contributed by atoms with Gasteiger partial charge in [-0.05, 0) is 50.7 Å². The summed E-state index contributed by atoms with van der Waals surface area (Å²) >= 11 is 0. The van der Waals surface area contributed by atoms with Gasteiger partial charge in [0, 0.05) is 12.6 Å². The molecule has 0 saturated carbocycles. The molecule has 1 N–H and O–H groups in total. The molecule has 1 aliphatic heterocycles. The van der Waals surface area contributed by atoms with E-state index >= 15 is 0 Å². The highest BCUT2D eigenvalue weighted by molar-refractivity contribution is 5.31. The van der Waals surface area contributed by atoms with Crippen molar-refractivity contribution < 1.29 is 4.74 Å². The lowest BCUT2D eigenvalue weighted by Gasteiger charge is -2.14. The highest BCUT2D eigenvalue weighted by Gasteiger charge is 2.21. The molecule has 0 bridgehead atoms. The smallest absolute Gasteiger partial charge is 0.119 e. The van der Waals surface area contributed by atoms with Crippen LogP contribution >= 0.6 is 0 Å². The van der Waals surface area contributed by atoms with E-state index in [0.717, 1.165) is 31.4 Å². The van der Waals surface area contributed by atoms with Gasteiger partial charge in [-0.1, -0.05) is 19.1 Å². The van der Waals surface area contributed by atoms with Crippen molar-refractivity contribution in [3.05, 3.63) is 29.8 Å². The summed E-state index contributed by atoms with van der Waals surface area (Å²) in [5, 5.41) is 3.56. The number of hydrogen-bond donors (Lipinski definition) is 1. The van der Waals surface area contributed by atoms with Gasteiger partial charge in [0.25, 0.3) is 0 Å². The summed E-state index contributed by atoms with van der Waals surface area (Å²) < 4.78 is 5.77. The molecular weight excluding hydrogens is 224 g/mol. The Balaban J connectivity index is 1.92. The molecular formula is C15H24N2O. The van der Waals surface area contributed by atoms with E-state index in [9.17, 15) is 0 Å². The molecule has 1 aromatic carbocycles. The zero-order valence-corrected chi connectivity index (χ0v) is 11.6.